The second-order valence-corrected chi connectivity index (χ2v) is 7.55. The van der Waals surface area contributed by atoms with Gasteiger partial charge < -0.3 is 5.32 Å². The predicted octanol–water partition coefficient (Wildman–Crippen LogP) is 4.34. The minimum absolute atomic E-state index is 0.494. The summed E-state index contributed by atoms with van der Waals surface area (Å²) >= 11 is 0. The van der Waals surface area contributed by atoms with Gasteiger partial charge in [-0.25, -0.2) is 0 Å². The zero-order chi connectivity index (χ0) is 13.7. The zero-order valence-corrected chi connectivity index (χ0v) is 12.8. The smallest absolute Gasteiger partial charge is 0.0323 e. The number of aryl methyl sites for hydroxylation is 1. The summed E-state index contributed by atoms with van der Waals surface area (Å²) in [5, 5.41) is 3.85. The first-order valence-electron chi connectivity index (χ1n) is 7.76. The van der Waals surface area contributed by atoms with E-state index in [-0.39, 0.29) is 0 Å². The molecule has 1 aromatic carbocycles. The molecule has 0 bridgehead atoms. The Balaban J connectivity index is 1.67. The van der Waals surface area contributed by atoms with Crippen molar-refractivity contribution in [1.29, 1.82) is 0 Å². The van der Waals surface area contributed by atoms with Gasteiger partial charge in [-0.3, -0.25) is 0 Å². The fourth-order valence-electron chi connectivity index (χ4n) is 4.07. The van der Waals surface area contributed by atoms with Gasteiger partial charge in [0.2, 0.25) is 0 Å². The van der Waals surface area contributed by atoms with Gasteiger partial charge in [-0.2, -0.15) is 0 Å². The van der Waals surface area contributed by atoms with E-state index in [9.17, 15) is 0 Å². The highest BCUT2D eigenvalue weighted by atomic mass is 14.9. The molecule has 1 saturated carbocycles. The maximum Gasteiger partial charge on any atom is 0.0323 e. The number of hydrogen-bond donors (Lipinski definition) is 1. The summed E-state index contributed by atoms with van der Waals surface area (Å²) in [5.41, 5.74) is 4.09. The number of hydrogen-bond acceptors (Lipinski definition) is 1. The molecular weight excluding hydrogens is 230 g/mol. The molecule has 1 nitrogen and oxygen atoms in total. The molecule has 0 aliphatic heterocycles. The largest absolute Gasteiger partial charge is 0.310 e. The Kier molecular flexibility index (Phi) is 3.01. The van der Waals surface area contributed by atoms with Crippen LogP contribution in [0.3, 0.4) is 0 Å². The van der Waals surface area contributed by atoms with Gasteiger partial charge in [-0.1, -0.05) is 52.0 Å². The van der Waals surface area contributed by atoms with Crippen molar-refractivity contribution in [2.24, 2.45) is 16.7 Å². The van der Waals surface area contributed by atoms with Crippen LogP contribution in [0.1, 0.15) is 57.7 Å². The van der Waals surface area contributed by atoms with Gasteiger partial charge in [0.1, 0.15) is 0 Å². The van der Waals surface area contributed by atoms with Gasteiger partial charge in [0.05, 0.1) is 0 Å². The molecule has 1 aromatic rings. The normalized spacial score (nSPS) is 27.9. The van der Waals surface area contributed by atoms with Crippen molar-refractivity contribution in [1.82, 2.24) is 5.32 Å². The fraction of sp³-hybridized carbons (Fsp3) is 0.667. The first-order chi connectivity index (χ1) is 8.94. The molecule has 1 atom stereocenters. The summed E-state index contributed by atoms with van der Waals surface area (Å²) in [6.45, 7) is 10.8. The number of fused-ring (bicyclic) bond motifs is 1. The minimum atomic E-state index is 0.494. The van der Waals surface area contributed by atoms with Gasteiger partial charge in [-0.15, -0.1) is 0 Å². The molecule has 19 heavy (non-hydrogen) atoms. The van der Waals surface area contributed by atoms with Crippen molar-refractivity contribution in [2.45, 2.75) is 53.0 Å². The molecular formula is C18H27N. The third-order valence-electron chi connectivity index (χ3n) is 6.26. The fourth-order valence-corrected chi connectivity index (χ4v) is 4.07. The summed E-state index contributed by atoms with van der Waals surface area (Å²) in [5.74, 6) is 0.814. The number of nitrogens with one attached hydrogen (secondary N) is 1. The van der Waals surface area contributed by atoms with Gasteiger partial charge in [-0.05, 0) is 53.7 Å². The molecule has 3 rings (SSSR count). The Morgan fingerprint density at radius 2 is 1.79 bits per heavy atom. The van der Waals surface area contributed by atoms with Crippen LogP contribution >= 0.6 is 0 Å². The van der Waals surface area contributed by atoms with E-state index in [1.165, 1.54) is 25.8 Å². The Hall–Kier alpha value is -0.820. The van der Waals surface area contributed by atoms with Crippen LogP contribution in [0.4, 0.5) is 0 Å². The van der Waals surface area contributed by atoms with E-state index in [1.807, 2.05) is 0 Å². The van der Waals surface area contributed by atoms with Crippen LogP contribution in [-0.2, 0) is 6.42 Å². The molecule has 1 unspecified atom stereocenters. The van der Waals surface area contributed by atoms with Crippen LogP contribution < -0.4 is 5.32 Å². The molecule has 1 fully saturated rings. The molecule has 2 aliphatic carbocycles. The highest BCUT2D eigenvalue weighted by molar-refractivity contribution is 5.32. The third kappa shape index (κ3) is 2.03. The van der Waals surface area contributed by atoms with E-state index < -0.39 is 0 Å². The van der Waals surface area contributed by atoms with Crippen LogP contribution in [-0.4, -0.2) is 6.54 Å². The molecule has 1 N–H and O–H groups in total. The maximum atomic E-state index is 3.85. The van der Waals surface area contributed by atoms with Crippen LogP contribution in [0, 0.1) is 16.7 Å². The lowest BCUT2D eigenvalue weighted by atomic mass is 9.87. The molecule has 2 aliphatic rings. The van der Waals surface area contributed by atoms with E-state index in [1.54, 1.807) is 11.1 Å². The molecule has 1 heteroatoms. The van der Waals surface area contributed by atoms with Crippen molar-refractivity contribution in [3.8, 4) is 0 Å². The van der Waals surface area contributed by atoms with Crippen molar-refractivity contribution in [3.63, 3.8) is 0 Å². The van der Waals surface area contributed by atoms with Gasteiger partial charge >= 0.3 is 0 Å². The molecule has 104 valence electrons. The molecule has 0 spiro atoms. The van der Waals surface area contributed by atoms with Crippen molar-refractivity contribution < 1.29 is 0 Å². The first kappa shape index (κ1) is 13.2. The number of benzene rings is 1. The van der Waals surface area contributed by atoms with Gasteiger partial charge in [0, 0.05) is 6.04 Å². The van der Waals surface area contributed by atoms with E-state index >= 15 is 0 Å². The molecule has 0 saturated heterocycles. The minimum Gasteiger partial charge on any atom is -0.310 e. The lowest BCUT2D eigenvalue weighted by Crippen LogP contribution is -2.28. The number of rotatable bonds is 3. The molecule has 0 heterocycles. The summed E-state index contributed by atoms with van der Waals surface area (Å²) in [7, 11) is 0. The van der Waals surface area contributed by atoms with E-state index in [0.717, 1.165) is 5.92 Å². The summed E-state index contributed by atoms with van der Waals surface area (Å²) in [4.78, 5) is 0. The highest BCUT2D eigenvalue weighted by Gasteiger charge is 2.63. The van der Waals surface area contributed by atoms with Gasteiger partial charge in [0.15, 0.2) is 0 Å². The second kappa shape index (κ2) is 4.34. The SMILES string of the molecule is CC1(C)C(CNC2CCCc3ccccc32)C1(C)C. The monoisotopic (exact) mass is 257 g/mol. The van der Waals surface area contributed by atoms with Crippen molar-refractivity contribution >= 4 is 0 Å². The zero-order valence-electron chi connectivity index (χ0n) is 12.8. The van der Waals surface area contributed by atoms with Crippen molar-refractivity contribution in [2.75, 3.05) is 6.54 Å². The predicted molar refractivity (Wildman–Crippen MR) is 81.2 cm³/mol. The van der Waals surface area contributed by atoms with Crippen LogP contribution in [0.5, 0.6) is 0 Å². The van der Waals surface area contributed by atoms with E-state index in [0.29, 0.717) is 16.9 Å². The van der Waals surface area contributed by atoms with Crippen LogP contribution in [0.2, 0.25) is 0 Å². The average molecular weight is 257 g/mol. The first-order valence-corrected chi connectivity index (χ1v) is 7.76. The lowest BCUT2D eigenvalue weighted by molar-refractivity contribution is 0.425. The second-order valence-electron chi connectivity index (χ2n) is 7.55. The molecule has 0 radical (unpaired) electrons. The summed E-state index contributed by atoms with van der Waals surface area (Å²) < 4.78 is 0. The molecule has 0 aromatic heterocycles. The highest BCUT2D eigenvalue weighted by Crippen LogP contribution is 2.68. The maximum absolute atomic E-state index is 3.85. The standard InChI is InChI=1S/C18H27N/c1-17(2)16(18(17,3)4)12-19-15-11-7-9-13-8-5-6-10-14(13)15/h5-6,8,10,15-16,19H,7,9,11-12H2,1-4H3. The average Bonchev–Trinajstić information content (AvgIpc) is 2.77. The molecule has 0 amide bonds. The Morgan fingerprint density at radius 3 is 2.47 bits per heavy atom. The quantitative estimate of drug-likeness (QED) is 0.849. The van der Waals surface area contributed by atoms with Crippen LogP contribution in [0.15, 0.2) is 24.3 Å². The Bertz CT molecular complexity index is 458. The van der Waals surface area contributed by atoms with Crippen molar-refractivity contribution in [3.05, 3.63) is 35.4 Å². The Labute approximate surface area is 117 Å². The third-order valence-corrected chi connectivity index (χ3v) is 6.26. The summed E-state index contributed by atoms with van der Waals surface area (Å²) in [6, 6.07) is 9.55. The summed E-state index contributed by atoms with van der Waals surface area (Å²) in [6.07, 6.45) is 3.88. The van der Waals surface area contributed by atoms with E-state index in [4.69, 9.17) is 0 Å². The van der Waals surface area contributed by atoms with E-state index in [2.05, 4.69) is 57.3 Å². The van der Waals surface area contributed by atoms with Crippen LogP contribution in [0.25, 0.3) is 0 Å². The van der Waals surface area contributed by atoms with Gasteiger partial charge in [0.25, 0.3) is 0 Å². The lowest BCUT2D eigenvalue weighted by Gasteiger charge is -2.27. The topological polar surface area (TPSA) is 12.0 Å². The Morgan fingerprint density at radius 1 is 1.11 bits per heavy atom.